The second kappa shape index (κ2) is 3.21. The third kappa shape index (κ3) is 1.04. The van der Waals surface area contributed by atoms with Crippen LogP contribution in [0.1, 0.15) is 25.7 Å². The summed E-state index contributed by atoms with van der Waals surface area (Å²) in [5.74, 6) is 4.42. The summed E-state index contributed by atoms with van der Waals surface area (Å²) in [7, 11) is 0. The topological polar surface area (TPSA) is 40.5 Å². The van der Waals surface area contributed by atoms with Gasteiger partial charge in [-0.3, -0.25) is 0 Å². The molecule has 14 heavy (non-hydrogen) atoms. The van der Waals surface area contributed by atoms with Gasteiger partial charge in [0.05, 0.1) is 0 Å². The molecule has 0 aliphatic heterocycles. The first-order chi connectivity index (χ1) is 6.85. The van der Waals surface area contributed by atoms with Gasteiger partial charge in [0.1, 0.15) is 0 Å². The molecule has 0 saturated heterocycles. The smallest absolute Gasteiger partial charge is 0.0462 e. The molecule has 0 radical (unpaired) electrons. The molecule has 6 atom stereocenters. The molecule has 3 saturated carbocycles. The molecule has 0 amide bonds. The molecule has 0 aromatic heterocycles. The Kier molecular flexibility index (Phi) is 2.10. The van der Waals surface area contributed by atoms with E-state index >= 15 is 0 Å². The normalized spacial score (nSPS) is 55.3. The highest BCUT2D eigenvalue weighted by atomic mass is 16.3. The van der Waals surface area contributed by atoms with Crippen LogP contribution >= 0.6 is 0 Å². The Hall–Kier alpha value is -0.0800. The quantitative estimate of drug-likeness (QED) is 0.698. The number of hydrogen-bond donors (Lipinski definition) is 2. The Morgan fingerprint density at radius 2 is 1.64 bits per heavy atom. The average molecular weight is 196 g/mol. The SMILES string of the molecule is OC[C@@H]1CC2CC1C1C2CC[C@@H]1CO. The van der Waals surface area contributed by atoms with E-state index in [-0.39, 0.29) is 0 Å². The van der Waals surface area contributed by atoms with Gasteiger partial charge in [-0.15, -0.1) is 0 Å². The van der Waals surface area contributed by atoms with E-state index in [0.717, 1.165) is 23.7 Å². The fourth-order valence-electron chi connectivity index (χ4n) is 4.80. The van der Waals surface area contributed by atoms with Gasteiger partial charge in [-0.25, -0.2) is 0 Å². The van der Waals surface area contributed by atoms with Gasteiger partial charge >= 0.3 is 0 Å². The third-order valence-electron chi connectivity index (χ3n) is 5.26. The van der Waals surface area contributed by atoms with Crippen LogP contribution in [0.2, 0.25) is 0 Å². The Morgan fingerprint density at radius 1 is 0.857 bits per heavy atom. The summed E-state index contributed by atoms with van der Waals surface area (Å²) in [6.07, 6.45) is 5.18. The zero-order valence-corrected chi connectivity index (χ0v) is 8.60. The third-order valence-corrected chi connectivity index (χ3v) is 5.26. The molecule has 3 aliphatic rings. The van der Waals surface area contributed by atoms with Crippen molar-refractivity contribution < 1.29 is 10.2 Å². The lowest BCUT2D eigenvalue weighted by Gasteiger charge is -2.33. The molecule has 4 unspecified atom stereocenters. The van der Waals surface area contributed by atoms with Crippen LogP contribution in [0.5, 0.6) is 0 Å². The highest BCUT2D eigenvalue weighted by molar-refractivity contribution is 5.05. The molecule has 2 nitrogen and oxygen atoms in total. The number of rotatable bonds is 2. The number of hydrogen-bond acceptors (Lipinski definition) is 2. The van der Waals surface area contributed by atoms with E-state index in [4.69, 9.17) is 0 Å². The largest absolute Gasteiger partial charge is 0.396 e. The Balaban J connectivity index is 1.82. The minimum Gasteiger partial charge on any atom is -0.396 e. The van der Waals surface area contributed by atoms with Gasteiger partial charge < -0.3 is 10.2 Å². The number of aliphatic hydroxyl groups is 2. The summed E-state index contributed by atoms with van der Waals surface area (Å²) in [5.41, 5.74) is 0. The summed E-state index contributed by atoms with van der Waals surface area (Å²) in [6.45, 7) is 0.755. The van der Waals surface area contributed by atoms with Crippen molar-refractivity contribution in [3.05, 3.63) is 0 Å². The maximum absolute atomic E-state index is 9.34. The molecule has 3 rings (SSSR count). The lowest BCUT2D eigenvalue weighted by Crippen LogP contribution is -2.31. The fraction of sp³-hybridized carbons (Fsp3) is 1.00. The first-order valence-corrected chi connectivity index (χ1v) is 6.07. The Bertz CT molecular complexity index is 228. The summed E-state index contributed by atoms with van der Waals surface area (Å²) < 4.78 is 0. The second-order valence-electron chi connectivity index (χ2n) is 5.60. The van der Waals surface area contributed by atoms with Crippen LogP contribution < -0.4 is 0 Å². The van der Waals surface area contributed by atoms with Gasteiger partial charge in [0.25, 0.3) is 0 Å². The van der Waals surface area contributed by atoms with Crippen LogP contribution in [-0.4, -0.2) is 23.4 Å². The molecule has 0 aromatic carbocycles. The van der Waals surface area contributed by atoms with E-state index in [1.54, 1.807) is 0 Å². The average Bonchev–Trinajstić information content (AvgIpc) is 2.87. The zero-order valence-electron chi connectivity index (χ0n) is 8.60. The van der Waals surface area contributed by atoms with Crippen LogP contribution in [0.15, 0.2) is 0 Å². The summed E-state index contributed by atoms with van der Waals surface area (Å²) in [6, 6.07) is 0. The molecule has 2 N–H and O–H groups in total. The molecule has 3 fully saturated rings. The van der Waals surface area contributed by atoms with E-state index in [1.165, 1.54) is 25.7 Å². The predicted molar refractivity (Wildman–Crippen MR) is 53.6 cm³/mol. The van der Waals surface area contributed by atoms with E-state index < -0.39 is 0 Å². The number of fused-ring (bicyclic) bond motifs is 5. The summed E-state index contributed by atoms with van der Waals surface area (Å²) in [4.78, 5) is 0. The lowest BCUT2D eigenvalue weighted by molar-refractivity contribution is 0.0794. The van der Waals surface area contributed by atoms with Gasteiger partial charge in [0.15, 0.2) is 0 Å². The highest BCUT2D eigenvalue weighted by Crippen LogP contribution is 2.62. The van der Waals surface area contributed by atoms with Crippen molar-refractivity contribution in [2.45, 2.75) is 25.7 Å². The van der Waals surface area contributed by atoms with Crippen LogP contribution in [0.25, 0.3) is 0 Å². The molecule has 3 aliphatic carbocycles. The van der Waals surface area contributed by atoms with Gasteiger partial charge in [-0.2, -0.15) is 0 Å². The van der Waals surface area contributed by atoms with E-state index in [0.29, 0.717) is 25.0 Å². The molecule has 0 aromatic rings. The fourth-order valence-corrected chi connectivity index (χ4v) is 4.80. The van der Waals surface area contributed by atoms with Crippen molar-refractivity contribution in [3.63, 3.8) is 0 Å². The van der Waals surface area contributed by atoms with Crippen LogP contribution in [0.3, 0.4) is 0 Å². The van der Waals surface area contributed by atoms with E-state index in [2.05, 4.69) is 0 Å². The summed E-state index contributed by atoms with van der Waals surface area (Å²) >= 11 is 0. The van der Waals surface area contributed by atoms with Gasteiger partial charge in [-0.1, -0.05) is 0 Å². The van der Waals surface area contributed by atoms with Crippen LogP contribution in [0.4, 0.5) is 0 Å². The highest BCUT2D eigenvalue weighted by Gasteiger charge is 2.56. The Labute approximate surface area is 85.3 Å². The van der Waals surface area contributed by atoms with Gasteiger partial charge in [0, 0.05) is 13.2 Å². The molecular formula is C12H20O2. The number of aliphatic hydroxyl groups excluding tert-OH is 2. The molecule has 0 spiro atoms. The van der Waals surface area contributed by atoms with Crippen molar-refractivity contribution >= 4 is 0 Å². The standard InChI is InChI=1S/C12H20O2/c13-5-7-1-2-10-8-3-9(6-14)11(4-8)12(7)10/h7-14H,1-6H2/t7-,8?,9+,10?,11?,12?/m1/s1. The zero-order chi connectivity index (χ0) is 9.71. The molecule has 2 heteroatoms. The lowest BCUT2D eigenvalue weighted by atomic mass is 9.73. The first-order valence-electron chi connectivity index (χ1n) is 6.07. The molecular weight excluding hydrogens is 176 g/mol. The maximum Gasteiger partial charge on any atom is 0.0462 e. The van der Waals surface area contributed by atoms with Crippen molar-refractivity contribution in [2.24, 2.45) is 35.5 Å². The van der Waals surface area contributed by atoms with Crippen molar-refractivity contribution in [2.75, 3.05) is 13.2 Å². The van der Waals surface area contributed by atoms with Gasteiger partial charge in [-0.05, 0) is 61.2 Å². The van der Waals surface area contributed by atoms with Crippen molar-refractivity contribution in [1.29, 1.82) is 0 Å². The first kappa shape index (κ1) is 9.17. The van der Waals surface area contributed by atoms with E-state index in [1.807, 2.05) is 0 Å². The predicted octanol–water partition coefficient (Wildman–Crippen LogP) is 1.27. The van der Waals surface area contributed by atoms with Crippen molar-refractivity contribution in [3.8, 4) is 0 Å². The monoisotopic (exact) mass is 196 g/mol. The molecule has 80 valence electrons. The Morgan fingerprint density at radius 3 is 2.36 bits per heavy atom. The minimum absolute atomic E-state index is 0.378. The van der Waals surface area contributed by atoms with E-state index in [9.17, 15) is 10.2 Å². The van der Waals surface area contributed by atoms with Crippen molar-refractivity contribution in [1.82, 2.24) is 0 Å². The molecule has 2 bridgehead atoms. The van der Waals surface area contributed by atoms with Crippen LogP contribution in [0, 0.1) is 35.5 Å². The molecule has 0 heterocycles. The van der Waals surface area contributed by atoms with Crippen LogP contribution in [-0.2, 0) is 0 Å². The summed E-state index contributed by atoms with van der Waals surface area (Å²) in [5, 5.41) is 18.6. The van der Waals surface area contributed by atoms with Gasteiger partial charge in [0.2, 0.25) is 0 Å². The second-order valence-corrected chi connectivity index (χ2v) is 5.60. The minimum atomic E-state index is 0.378. The maximum atomic E-state index is 9.34.